The number of nitrogens with one attached hydrogen (secondary N) is 2. The van der Waals surface area contributed by atoms with Crippen LogP contribution < -0.4 is 10.6 Å². The van der Waals surface area contributed by atoms with Gasteiger partial charge in [-0.1, -0.05) is 43.5 Å². The maximum Gasteiger partial charge on any atom is 0.223 e. The van der Waals surface area contributed by atoms with Gasteiger partial charge in [0.25, 0.3) is 0 Å². The first-order valence-corrected chi connectivity index (χ1v) is 10.2. The van der Waals surface area contributed by atoms with E-state index in [1.54, 1.807) is 0 Å². The second-order valence-electron chi connectivity index (χ2n) is 8.74. The summed E-state index contributed by atoms with van der Waals surface area (Å²) >= 11 is 0. The number of amides is 1. The molecule has 1 saturated heterocycles. The molecule has 1 spiro atoms. The van der Waals surface area contributed by atoms with Crippen molar-refractivity contribution in [3.8, 4) is 0 Å². The van der Waals surface area contributed by atoms with Crippen molar-refractivity contribution in [3.05, 3.63) is 35.4 Å². The third-order valence-corrected chi connectivity index (χ3v) is 7.23. The molecule has 2 aliphatic carbocycles. The van der Waals surface area contributed by atoms with Crippen LogP contribution in [0.25, 0.3) is 0 Å². The topological polar surface area (TPSA) is 41.1 Å². The summed E-state index contributed by atoms with van der Waals surface area (Å²) in [5.41, 5.74) is 3.31. The van der Waals surface area contributed by atoms with Crippen molar-refractivity contribution in [3.63, 3.8) is 0 Å². The molecule has 0 bridgehead atoms. The maximum atomic E-state index is 12.8. The van der Waals surface area contributed by atoms with E-state index in [1.807, 2.05) is 0 Å². The van der Waals surface area contributed by atoms with E-state index in [2.05, 4.69) is 41.8 Å². The molecule has 2 N–H and O–H groups in total. The van der Waals surface area contributed by atoms with Crippen LogP contribution >= 0.6 is 0 Å². The van der Waals surface area contributed by atoms with Gasteiger partial charge >= 0.3 is 0 Å². The first-order chi connectivity index (χ1) is 12.2. The number of hydrogen-bond donors (Lipinski definition) is 2. The van der Waals surface area contributed by atoms with Crippen molar-refractivity contribution in [1.29, 1.82) is 0 Å². The fourth-order valence-electron chi connectivity index (χ4n) is 5.51. The second kappa shape index (κ2) is 6.75. The summed E-state index contributed by atoms with van der Waals surface area (Å²) in [4.78, 5) is 12.8. The summed E-state index contributed by atoms with van der Waals surface area (Å²) in [5, 5.41) is 6.82. The predicted octanol–water partition coefficient (Wildman–Crippen LogP) is 3.70. The van der Waals surface area contributed by atoms with Crippen LogP contribution in [0.4, 0.5) is 0 Å². The smallest absolute Gasteiger partial charge is 0.223 e. The molecular formula is C22H32N2O. The lowest BCUT2D eigenvalue weighted by Crippen LogP contribution is -2.44. The molecule has 3 nitrogen and oxygen atoms in total. The van der Waals surface area contributed by atoms with E-state index in [1.165, 1.54) is 56.1 Å². The Hall–Kier alpha value is -1.35. The Morgan fingerprint density at radius 2 is 1.84 bits per heavy atom. The molecule has 0 aromatic heterocycles. The van der Waals surface area contributed by atoms with Crippen molar-refractivity contribution in [2.24, 2.45) is 11.3 Å². The van der Waals surface area contributed by atoms with Gasteiger partial charge in [0.2, 0.25) is 5.91 Å². The summed E-state index contributed by atoms with van der Waals surface area (Å²) in [6.45, 7) is 5.20. The lowest BCUT2D eigenvalue weighted by Gasteiger charge is -2.39. The molecule has 3 fully saturated rings. The summed E-state index contributed by atoms with van der Waals surface area (Å²) in [5.74, 6) is 0.590. The predicted molar refractivity (Wildman–Crippen MR) is 102 cm³/mol. The molecule has 3 aliphatic rings. The Balaban J connectivity index is 1.45. The van der Waals surface area contributed by atoms with E-state index in [4.69, 9.17) is 0 Å². The highest BCUT2D eigenvalue weighted by atomic mass is 16.2. The van der Waals surface area contributed by atoms with Crippen molar-refractivity contribution in [2.45, 2.75) is 63.7 Å². The monoisotopic (exact) mass is 340 g/mol. The van der Waals surface area contributed by atoms with Crippen molar-refractivity contribution in [1.82, 2.24) is 10.6 Å². The molecular weight excluding hydrogens is 308 g/mol. The van der Waals surface area contributed by atoms with E-state index in [0.29, 0.717) is 11.3 Å². The van der Waals surface area contributed by atoms with Crippen molar-refractivity contribution in [2.75, 3.05) is 19.6 Å². The fourth-order valence-corrected chi connectivity index (χ4v) is 5.51. The number of rotatable bonds is 4. The van der Waals surface area contributed by atoms with Crippen molar-refractivity contribution < 1.29 is 4.79 Å². The van der Waals surface area contributed by atoms with Crippen molar-refractivity contribution >= 4 is 5.91 Å². The van der Waals surface area contributed by atoms with Crippen LogP contribution in [0.3, 0.4) is 0 Å². The quantitative estimate of drug-likeness (QED) is 0.877. The van der Waals surface area contributed by atoms with Crippen LogP contribution in [0.2, 0.25) is 0 Å². The first kappa shape index (κ1) is 17.1. The van der Waals surface area contributed by atoms with Crippen LogP contribution in [-0.4, -0.2) is 25.5 Å². The highest BCUT2D eigenvalue weighted by Crippen LogP contribution is 2.58. The SMILES string of the molecule is Cc1ccccc1C1(CNC(=O)C2CC23CCNCC3)CCCCC1. The lowest BCUT2D eigenvalue weighted by atomic mass is 9.68. The number of carbonyl (C=O) groups excluding carboxylic acids is 1. The largest absolute Gasteiger partial charge is 0.355 e. The van der Waals surface area contributed by atoms with E-state index < -0.39 is 0 Å². The van der Waals surface area contributed by atoms with Crippen LogP contribution in [-0.2, 0) is 10.2 Å². The molecule has 1 amide bonds. The van der Waals surface area contributed by atoms with Gasteiger partial charge in [0.1, 0.15) is 0 Å². The fraction of sp³-hybridized carbons (Fsp3) is 0.682. The minimum absolute atomic E-state index is 0.148. The van der Waals surface area contributed by atoms with Crippen LogP contribution in [0.1, 0.15) is 62.5 Å². The standard InChI is InChI=1S/C22H32N2O/c1-17-7-3-4-8-18(17)22(9-5-2-6-10-22)16-24-20(25)19-15-21(19)11-13-23-14-12-21/h3-4,7-8,19,23H,2,5-6,9-16H2,1H3,(H,24,25). The summed E-state index contributed by atoms with van der Waals surface area (Å²) < 4.78 is 0. The molecule has 0 radical (unpaired) electrons. The van der Waals surface area contributed by atoms with Crippen LogP contribution in [0.15, 0.2) is 24.3 Å². The molecule has 1 aromatic rings. The Labute approximate surface area is 152 Å². The Morgan fingerprint density at radius 3 is 2.56 bits per heavy atom. The van der Waals surface area contributed by atoms with Crippen LogP contribution in [0.5, 0.6) is 0 Å². The number of benzene rings is 1. The van der Waals surface area contributed by atoms with Crippen LogP contribution in [0, 0.1) is 18.3 Å². The molecule has 1 aliphatic heterocycles. The third-order valence-electron chi connectivity index (χ3n) is 7.23. The van der Waals surface area contributed by atoms with E-state index in [0.717, 1.165) is 26.1 Å². The molecule has 4 rings (SSSR count). The number of piperidine rings is 1. The van der Waals surface area contributed by atoms with Gasteiger partial charge in [0, 0.05) is 17.9 Å². The number of carbonyl (C=O) groups is 1. The van der Waals surface area contributed by atoms with Gasteiger partial charge in [0.15, 0.2) is 0 Å². The molecule has 1 aromatic carbocycles. The molecule has 1 unspecified atom stereocenters. The second-order valence-corrected chi connectivity index (χ2v) is 8.74. The van der Waals surface area contributed by atoms with Gasteiger partial charge < -0.3 is 10.6 Å². The van der Waals surface area contributed by atoms with Gasteiger partial charge in [0.05, 0.1) is 0 Å². The van der Waals surface area contributed by atoms with Gasteiger partial charge in [-0.25, -0.2) is 0 Å². The third kappa shape index (κ3) is 3.23. The highest BCUT2D eigenvalue weighted by molar-refractivity contribution is 5.82. The van der Waals surface area contributed by atoms with E-state index in [9.17, 15) is 4.79 Å². The number of hydrogen-bond acceptors (Lipinski definition) is 2. The lowest BCUT2D eigenvalue weighted by molar-refractivity contribution is -0.123. The Bertz CT molecular complexity index is 627. The normalized spacial score (nSPS) is 27.0. The molecule has 136 valence electrons. The summed E-state index contributed by atoms with van der Waals surface area (Å²) in [6, 6.07) is 8.79. The molecule has 3 heteroatoms. The van der Waals surface area contributed by atoms with Gasteiger partial charge in [-0.3, -0.25) is 4.79 Å². The average molecular weight is 341 g/mol. The summed E-state index contributed by atoms with van der Waals surface area (Å²) in [6.07, 6.45) is 9.77. The van der Waals surface area contributed by atoms with E-state index >= 15 is 0 Å². The Morgan fingerprint density at radius 1 is 1.12 bits per heavy atom. The average Bonchev–Trinajstić information content (AvgIpc) is 3.34. The zero-order valence-electron chi connectivity index (χ0n) is 15.6. The van der Waals surface area contributed by atoms with Gasteiger partial charge in [-0.05, 0) is 68.7 Å². The molecule has 25 heavy (non-hydrogen) atoms. The molecule has 2 saturated carbocycles. The van der Waals surface area contributed by atoms with E-state index in [-0.39, 0.29) is 11.3 Å². The Kier molecular flexibility index (Phi) is 4.61. The number of aryl methyl sites for hydroxylation is 1. The highest BCUT2D eigenvalue weighted by Gasteiger charge is 2.57. The molecule has 1 heterocycles. The minimum Gasteiger partial charge on any atom is -0.355 e. The first-order valence-electron chi connectivity index (χ1n) is 10.2. The zero-order valence-corrected chi connectivity index (χ0v) is 15.6. The maximum absolute atomic E-state index is 12.8. The minimum atomic E-state index is 0.148. The zero-order chi connectivity index (χ0) is 17.3. The summed E-state index contributed by atoms with van der Waals surface area (Å²) in [7, 11) is 0. The molecule has 1 atom stereocenters. The van der Waals surface area contributed by atoms with Gasteiger partial charge in [-0.15, -0.1) is 0 Å². The van der Waals surface area contributed by atoms with Gasteiger partial charge in [-0.2, -0.15) is 0 Å².